The zero-order valence-corrected chi connectivity index (χ0v) is 16.0. The van der Waals surface area contributed by atoms with Crippen LogP contribution in [-0.2, 0) is 18.4 Å². The summed E-state index contributed by atoms with van der Waals surface area (Å²) < 4.78 is 17.3. The predicted octanol–water partition coefficient (Wildman–Crippen LogP) is 3.73. The molecule has 0 aliphatic heterocycles. The summed E-state index contributed by atoms with van der Waals surface area (Å²) in [6.07, 6.45) is 6.57. The number of carbonyl (C=O) groups excluding carboxylic acids is 1. The number of rotatable bonds is 5. The molecule has 2 aromatic heterocycles. The molecule has 1 N–H and O–H groups in total. The third-order valence-electron chi connectivity index (χ3n) is 4.15. The molecule has 0 aliphatic carbocycles. The molecule has 3 aromatic rings. The molecule has 0 saturated heterocycles. The van der Waals surface area contributed by atoms with Crippen LogP contribution in [0.15, 0.2) is 36.7 Å². The summed E-state index contributed by atoms with van der Waals surface area (Å²) in [5, 5.41) is 11.6. The molecule has 6 nitrogen and oxygen atoms in total. The number of aryl methyl sites for hydroxylation is 2. The SMILES string of the molecule is Cc1nn(Cc2c(F)cccc2Cl)c(C)c1NC(=O)C=Cc1cnn(C)c1. The Morgan fingerprint density at radius 3 is 2.81 bits per heavy atom. The normalized spacial score (nSPS) is 11.3. The van der Waals surface area contributed by atoms with Crippen molar-refractivity contribution >= 4 is 29.3 Å². The average molecular weight is 388 g/mol. The number of amides is 1. The first kappa shape index (κ1) is 18.8. The topological polar surface area (TPSA) is 64.7 Å². The van der Waals surface area contributed by atoms with Gasteiger partial charge in [0.15, 0.2) is 0 Å². The molecule has 8 heteroatoms. The van der Waals surface area contributed by atoms with E-state index in [4.69, 9.17) is 11.6 Å². The molecule has 2 heterocycles. The highest BCUT2D eigenvalue weighted by Crippen LogP contribution is 2.24. The lowest BCUT2D eigenvalue weighted by Gasteiger charge is -2.08. The van der Waals surface area contributed by atoms with Gasteiger partial charge in [-0.3, -0.25) is 14.2 Å². The Kier molecular flexibility index (Phi) is 5.41. The lowest BCUT2D eigenvalue weighted by atomic mass is 10.2. The summed E-state index contributed by atoms with van der Waals surface area (Å²) in [7, 11) is 1.81. The van der Waals surface area contributed by atoms with E-state index in [0.29, 0.717) is 22.0 Å². The minimum absolute atomic E-state index is 0.180. The van der Waals surface area contributed by atoms with Crippen molar-refractivity contribution in [2.24, 2.45) is 7.05 Å². The smallest absolute Gasteiger partial charge is 0.248 e. The Bertz CT molecular complexity index is 1000. The van der Waals surface area contributed by atoms with E-state index in [1.165, 1.54) is 12.1 Å². The Balaban J connectivity index is 1.77. The van der Waals surface area contributed by atoms with Gasteiger partial charge >= 0.3 is 0 Å². The van der Waals surface area contributed by atoms with Crippen molar-refractivity contribution in [2.75, 3.05) is 5.32 Å². The van der Waals surface area contributed by atoms with Gasteiger partial charge in [0, 0.05) is 35.5 Å². The molecule has 1 aromatic carbocycles. The van der Waals surface area contributed by atoms with Crippen LogP contribution in [0.2, 0.25) is 5.02 Å². The Labute approximate surface area is 161 Å². The summed E-state index contributed by atoms with van der Waals surface area (Å²) in [5.74, 6) is -0.673. The molecule has 140 valence electrons. The fourth-order valence-electron chi connectivity index (χ4n) is 2.73. The van der Waals surface area contributed by atoms with E-state index in [2.05, 4.69) is 15.5 Å². The van der Waals surface area contributed by atoms with E-state index < -0.39 is 0 Å². The Morgan fingerprint density at radius 1 is 1.37 bits per heavy atom. The highest BCUT2D eigenvalue weighted by Gasteiger charge is 2.16. The highest BCUT2D eigenvalue weighted by atomic mass is 35.5. The van der Waals surface area contributed by atoms with Crippen molar-refractivity contribution in [3.8, 4) is 0 Å². The van der Waals surface area contributed by atoms with Crippen molar-refractivity contribution in [3.05, 3.63) is 70.0 Å². The minimum Gasteiger partial charge on any atom is -0.319 e. The summed E-state index contributed by atoms with van der Waals surface area (Å²) in [6.45, 7) is 3.78. The van der Waals surface area contributed by atoms with Crippen molar-refractivity contribution < 1.29 is 9.18 Å². The summed E-state index contributed by atoms with van der Waals surface area (Å²) in [4.78, 5) is 12.2. The van der Waals surface area contributed by atoms with E-state index in [1.807, 2.05) is 6.92 Å². The number of aromatic nitrogens is 4. The van der Waals surface area contributed by atoms with Gasteiger partial charge in [0.05, 0.1) is 29.8 Å². The lowest BCUT2D eigenvalue weighted by molar-refractivity contribution is -0.111. The van der Waals surface area contributed by atoms with E-state index in [1.54, 1.807) is 53.9 Å². The van der Waals surface area contributed by atoms with Gasteiger partial charge in [-0.2, -0.15) is 10.2 Å². The van der Waals surface area contributed by atoms with Gasteiger partial charge in [-0.05, 0) is 32.1 Å². The monoisotopic (exact) mass is 387 g/mol. The quantitative estimate of drug-likeness (QED) is 0.678. The number of benzene rings is 1. The zero-order chi connectivity index (χ0) is 19.6. The molecule has 0 radical (unpaired) electrons. The molecule has 0 atom stereocenters. The standard InChI is InChI=1S/C19H19ClFN5O/c1-12-19(23-18(27)8-7-14-9-22-25(3)10-14)13(2)26(24-12)11-15-16(20)5-4-6-17(15)21/h4-10H,11H2,1-3H3,(H,23,27). The number of carbonyl (C=O) groups is 1. The number of halogens is 2. The first-order valence-corrected chi connectivity index (χ1v) is 8.67. The fraction of sp³-hybridized carbons (Fsp3) is 0.211. The maximum atomic E-state index is 14.0. The Hall–Kier alpha value is -2.93. The van der Waals surface area contributed by atoms with E-state index >= 15 is 0 Å². The molecule has 3 rings (SSSR count). The number of hydrogen-bond acceptors (Lipinski definition) is 3. The van der Waals surface area contributed by atoms with Crippen LogP contribution in [0.25, 0.3) is 6.08 Å². The molecule has 0 saturated carbocycles. The van der Waals surface area contributed by atoms with Crippen molar-refractivity contribution in [2.45, 2.75) is 20.4 Å². The molecule has 0 unspecified atom stereocenters. The fourth-order valence-corrected chi connectivity index (χ4v) is 2.95. The molecule has 0 fully saturated rings. The lowest BCUT2D eigenvalue weighted by Crippen LogP contribution is -2.10. The van der Waals surface area contributed by atoms with Gasteiger partial charge in [-0.1, -0.05) is 17.7 Å². The third-order valence-corrected chi connectivity index (χ3v) is 4.51. The van der Waals surface area contributed by atoms with Crippen molar-refractivity contribution in [1.29, 1.82) is 0 Å². The zero-order valence-electron chi connectivity index (χ0n) is 15.2. The van der Waals surface area contributed by atoms with Crippen molar-refractivity contribution in [1.82, 2.24) is 19.6 Å². The van der Waals surface area contributed by atoms with E-state index in [0.717, 1.165) is 11.3 Å². The molecule has 27 heavy (non-hydrogen) atoms. The predicted molar refractivity (Wildman–Crippen MR) is 103 cm³/mol. The highest BCUT2D eigenvalue weighted by molar-refractivity contribution is 6.31. The molecule has 0 spiro atoms. The number of anilines is 1. The van der Waals surface area contributed by atoms with E-state index in [9.17, 15) is 9.18 Å². The van der Waals surface area contributed by atoms with Gasteiger partial charge in [-0.25, -0.2) is 4.39 Å². The van der Waals surface area contributed by atoms with Crippen molar-refractivity contribution in [3.63, 3.8) is 0 Å². The molecular formula is C19H19ClFN5O. The largest absolute Gasteiger partial charge is 0.319 e. The second-order valence-electron chi connectivity index (χ2n) is 6.17. The third kappa shape index (κ3) is 4.25. The van der Waals surface area contributed by atoms with Gasteiger partial charge < -0.3 is 5.32 Å². The number of hydrogen-bond donors (Lipinski definition) is 1. The molecule has 1 amide bonds. The second-order valence-corrected chi connectivity index (χ2v) is 6.58. The molecular weight excluding hydrogens is 369 g/mol. The minimum atomic E-state index is -0.389. The molecule has 0 aliphatic rings. The maximum absolute atomic E-state index is 14.0. The van der Waals surface area contributed by atoms with Crippen LogP contribution in [0.3, 0.4) is 0 Å². The first-order valence-electron chi connectivity index (χ1n) is 8.29. The maximum Gasteiger partial charge on any atom is 0.248 e. The van der Waals surface area contributed by atoms with E-state index in [-0.39, 0.29) is 18.3 Å². The second kappa shape index (κ2) is 7.75. The number of nitrogens with zero attached hydrogens (tertiary/aromatic N) is 4. The van der Waals surface area contributed by atoms with Crippen LogP contribution in [-0.4, -0.2) is 25.5 Å². The number of nitrogens with one attached hydrogen (secondary N) is 1. The Morgan fingerprint density at radius 2 is 2.15 bits per heavy atom. The summed E-state index contributed by atoms with van der Waals surface area (Å²) in [6, 6.07) is 4.55. The van der Waals surface area contributed by atoms with Crippen LogP contribution in [0.1, 0.15) is 22.5 Å². The van der Waals surface area contributed by atoms with Gasteiger partial charge in [0.25, 0.3) is 0 Å². The van der Waals surface area contributed by atoms with Crippen LogP contribution in [0, 0.1) is 19.7 Å². The van der Waals surface area contributed by atoms with Crippen LogP contribution in [0.5, 0.6) is 0 Å². The average Bonchev–Trinajstić information content (AvgIpc) is 3.14. The van der Waals surface area contributed by atoms with Gasteiger partial charge in [0.2, 0.25) is 5.91 Å². The summed E-state index contributed by atoms with van der Waals surface area (Å²) >= 11 is 6.10. The van der Waals surface area contributed by atoms with Crippen LogP contribution >= 0.6 is 11.6 Å². The van der Waals surface area contributed by atoms with Crippen LogP contribution in [0.4, 0.5) is 10.1 Å². The van der Waals surface area contributed by atoms with Gasteiger partial charge in [0.1, 0.15) is 5.82 Å². The first-order chi connectivity index (χ1) is 12.8. The van der Waals surface area contributed by atoms with Gasteiger partial charge in [-0.15, -0.1) is 0 Å². The molecule has 0 bridgehead atoms. The van der Waals surface area contributed by atoms with Crippen LogP contribution < -0.4 is 5.32 Å². The summed E-state index contributed by atoms with van der Waals surface area (Å²) in [5.41, 5.74) is 3.14.